The molecule has 0 bridgehead atoms. The van der Waals surface area contributed by atoms with Gasteiger partial charge in [-0.2, -0.15) is 0 Å². The van der Waals surface area contributed by atoms with Crippen LogP contribution in [0.2, 0.25) is 0 Å². The normalized spacial score (nSPS) is 20.1. The second-order valence-corrected chi connectivity index (χ2v) is 6.69. The van der Waals surface area contributed by atoms with Gasteiger partial charge in [0.1, 0.15) is 0 Å². The van der Waals surface area contributed by atoms with Gasteiger partial charge in [0.25, 0.3) is 0 Å². The van der Waals surface area contributed by atoms with Gasteiger partial charge < -0.3 is 20.8 Å². The van der Waals surface area contributed by atoms with Crippen LogP contribution < -0.4 is 10.6 Å². The maximum Gasteiger partial charge on any atom is 0.314 e. The number of hydrogen-bond donors (Lipinski definition) is 4. The molecule has 1 aliphatic carbocycles. The molecule has 1 rings (SSSR count). The highest BCUT2D eigenvalue weighted by Gasteiger charge is 2.31. The molecule has 0 spiro atoms. The minimum Gasteiger partial charge on any atom is -0.393 e. The van der Waals surface area contributed by atoms with E-state index in [4.69, 9.17) is 0 Å². The van der Waals surface area contributed by atoms with Gasteiger partial charge in [0.2, 0.25) is 0 Å². The first-order chi connectivity index (χ1) is 8.72. The summed E-state index contributed by atoms with van der Waals surface area (Å²) in [5.41, 5.74) is -0.859. The van der Waals surface area contributed by atoms with E-state index in [9.17, 15) is 15.0 Å². The van der Waals surface area contributed by atoms with Crippen molar-refractivity contribution in [2.75, 3.05) is 13.1 Å². The lowest BCUT2D eigenvalue weighted by Gasteiger charge is -2.27. The molecule has 1 atom stereocenters. The van der Waals surface area contributed by atoms with Crippen molar-refractivity contribution in [2.45, 2.75) is 64.6 Å². The molecule has 5 heteroatoms. The van der Waals surface area contributed by atoms with Crippen LogP contribution in [-0.2, 0) is 0 Å². The van der Waals surface area contributed by atoms with E-state index in [2.05, 4.69) is 10.6 Å². The Balaban J connectivity index is 2.24. The minimum atomic E-state index is -0.716. The predicted molar refractivity (Wildman–Crippen MR) is 74.9 cm³/mol. The van der Waals surface area contributed by atoms with Gasteiger partial charge in [-0.15, -0.1) is 0 Å². The molecule has 0 saturated heterocycles. The van der Waals surface area contributed by atoms with Crippen molar-refractivity contribution in [2.24, 2.45) is 5.41 Å². The third-order valence-electron chi connectivity index (χ3n) is 3.69. The van der Waals surface area contributed by atoms with E-state index < -0.39 is 5.60 Å². The predicted octanol–water partition coefficient (Wildman–Crippen LogP) is 1.39. The van der Waals surface area contributed by atoms with Crippen molar-refractivity contribution in [1.29, 1.82) is 0 Å². The molecule has 0 aliphatic heterocycles. The maximum atomic E-state index is 11.7. The molecule has 5 nitrogen and oxygen atoms in total. The van der Waals surface area contributed by atoms with Crippen LogP contribution in [0.15, 0.2) is 0 Å². The van der Waals surface area contributed by atoms with E-state index >= 15 is 0 Å². The van der Waals surface area contributed by atoms with Crippen molar-refractivity contribution in [3.05, 3.63) is 0 Å². The van der Waals surface area contributed by atoms with E-state index in [0.717, 1.165) is 25.7 Å². The van der Waals surface area contributed by atoms with Crippen LogP contribution >= 0.6 is 0 Å². The van der Waals surface area contributed by atoms with E-state index in [-0.39, 0.29) is 17.6 Å². The zero-order valence-electron chi connectivity index (χ0n) is 12.3. The molecule has 0 aromatic carbocycles. The van der Waals surface area contributed by atoms with Gasteiger partial charge in [0.05, 0.1) is 11.7 Å². The van der Waals surface area contributed by atoms with Crippen molar-refractivity contribution in [3.63, 3.8) is 0 Å². The average Bonchev–Trinajstić information content (AvgIpc) is 2.70. The van der Waals surface area contributed by atoms with Crippen LogP contribution in [0.4, 0.5) is 4.79 Å². The van der Waals surface area contributed by atoms with Gasteiger partial charge in [0, 0.05) is 13.1 Å². The summed E-state index contributed by atoms with van der Waals surface area (Å²) in [4.78, 5) is 11.7. The fourth-order valence-corrected chi connectivity index (χ4v) is 2.71. The van der Waals surface area contributed by atoms with Gasteiger partial charge in [-0.1, -0.05) is 26.7 Å². The summed E-state index contributed by atoms with van der Waals surface area (Å²) in [6.45, 7) is 6.57. The molecular weight excluding hydrogens is 244 g/mol. The third-order valence-corrected chi connectivity index (χ3v) is 3.69. The summed E-state index contributed by atoms with van der Waals surface area (Å²) in [6.07, 6.45) is 3.85. The summed E-state index contributed by atoms with van der Waals surface area (Å²) in [6, 6.07) is -0.251. The number of rotatable bonds is 6. The number of aliphatic hydroxyl groups excluding tert-OH is 1. The smallest absolute Gasteiger partial charge is 0.314 e. The number of nitrogens with one attached hydrogen (secondary N) is 2. The van der Waals surface area contributed by atoms with Crippen LogP contribution in [-0.4, -0.2) is 41.0 Å². The van der Waals surface area contributed by atoms with Crippen molar-refractivity contribution in [3.8, 4) is 0 Å². The Bertz CT molecular complexity index is 297. The van der Waals surface area contributed by atoms with Crippen LogP contribution in [0.3, 0.4) is 0 Å². The number of amides is 2. The lowest BCUT2D eigenvalue weighted by Crippen LogP contribution is -2.47. The summed E-state index contributed by atoms with van der Waals surface area (Å²) in [5.74, 6) is 0. The molecule has 4 N–H and O–H groups in total. The minimum absolute atomic E-state index is 0.143. The summed E-state index contributed by atoms with van der Waals surface area (Å²) >= 11 is 0. The van der Waals surface area contributed by atoms with E-state index in [1.807, 2.05) is 13.8 Å². The number of urea groups is 1. The molecule has 1 aliphatic rings. The largest absolute Gasteiger partial charge is 0.393 e. The lowest BCUT2D eigenvalue weighted by atomic mass is 9.87. The second-order valence-electron chi connectivity index (χ2n) is 6.69. The maximum absolute atomic E-state index is 11.7. The van der Waals surface area contributed by atoms with Gasteiger partial charge in [-0.3, -0.25) is 0 Å². The molecular formula is C14H28N2O3. The fraction of sp³-hybridized carbons (Fsp3) is 0.929. The molecule has 1 unspecified atom stereocenters. The lowest BCUT2D eigenvalue weighted by molar-refractivity contribution is 0.0500. The Morgan fingerprint density at radius 1 is 1.32 bits per heavy atom. The molecule has 0 aromatic heterocycles. The Labute approximate surface area is 115 Å². The molecule has 0 aromatic rings. The highest BCUT2D eigenvalue weighted by Crippen LogP contribution is 2.28. The standard InChI is InChI=1S/C14H28N2O3/c1-11(17)8-13(2,3)9-15-12(18)16-10-14(19)6-4-5-7-14/h11,17,19H,4-10H2,1-3H3,(H2,15,16,18). The zero-order chi connectivity index (χ0) is 14.5. The van der Waals surface area contributed by atoms with Crippen molar-refractivity contribution >= 4 is 6.03 Å². The molecule has 1 fully saturated rings. The summed E-state index contributed by atoms with van der Waals surface area (Å²) < 4.78 is 0. The van der Waals surface area contributed by atoms with E-state index in [1.54, 1.807) is 6.92 Å². The quantitative estimate of drug-likeness (QED) is 0.590. The highest BCUT2D eigenvalue weighted by molar-refractivity contribution is 5.73. The molecule has 0 radical (unpaired) electrons. The molecule has 112 valence electrons. The summed E-state index contributed by atoms with van der Waals surface area (Å²) in [7, 11) is 0. The van der Waals surface area contributed by atoms with Gasteiger partial charge in [-0.25, -0.2) is 4.79 Å². The summed E-state index contributed by atoms with van der Waals surface area (Å²) in [5, 5.41) is 25.0. The SMILES string of the molecule is CC(O)CC(C)(C)CNC(=O)NCC1(O)CCCC1. The van der Waals surface area contributed by atoms with Crippen molar-refractivity contribution in [1.82, 2.24) is 10.6 Å². The van der Waals surface area contributed by atoms with Crippen LogP contribution in [0, 0.1) is 5.41 Å². The average molecular weight is 272 g/mol. The van der Waals surface area contributed by atoms with Gasteiger partial charge in [-0.05, 0) is 31.6 Å². The topological polar surface area (TPSA) is 81.6 Å². The second kappa shape index (κ2) is 6.57. The Morgan fingerprint density at radius 3 is 2.42 bits per heavy atom. The van der Waals surface area contributed by atoms with Gasteiger partial charge >= 0.3 is 6.03 Å². The molecule has 2 amide bonds. The highest BCUT2D eigenvalue weighted by atomic mass is 16.3. The molecule has 1 saturated carbocycles. The molecule has 19 heavy (non-hydrogen) atoms. The van der Waals surface area contributed by atoms with Crippen LogP contribution in [0.5, 0.6) is 0 Å². The van der Waals surface area contributed by atoms with Crippen LogP contribution in [0.25, 0.3) is 0 Å². The number of hydrogen-bond acceptors (Lipinski definition) is 3. The number of aliphatic hydroxyl groups is 2. The zero-order valence-corrected chi connectivity index (χ0v) is 12.3. The van der Waals surface area contributed by atoms with E-state index in [1.165, 1.54) is 0 Å². The Hall–Kier alpha value is -0.810. The fourth-order valence-electron chi connectivity index (χ4n) is 2.71. The van der Waals surface area contributed by atoms with Crippen molar-refractivity contribution < 1.29 is 15.0 Å². The first-order valence-corrected chi connectivity index (χ1v) is 7.15. The number of carbonyl (C=O) groups is 1. The third kappa shape index (κ3) is 6.25. The first kappa shape index (κ1) is 16.2. The van der Waals surface area contributed by atoms with E-state index in [0.29, 0.717) is 19.5 Å². The molecule has 0 heterocycles. The Morgan fingerprint density at radius 2 is 1.89 bits per heavy atom. The van der Waals surface area contributed by atoms with Crippen LogP contribution in [0.1, 0.15) is 52.9 Å². The number of carbonyl (C=O) groups excluding carboxylic acids is 1. The first-order valence-electron chi connectivity index (χ1n) is 7.15. The van der Waals surface area contributed by atoms with Gasteiger partial charge in [0.15, 0.2) is 0 Å². The monoisotopic (exact) mass is 272 g/mol. The Kier molecular flexibility index (Phi) is 5.62.